The summed E-state index contributed by atoms with van der Waals surface area (Å²) in [6, 6.07) is 7.63. The molecule has 0 saturated heterocycles. The predicted octanol–water partition coefficient (Wildman–Crippen LogP) is 4.02. The summed E-state index contributed by atoms with van der Waals surface area (Å²) >= 11 is 1.72. The number of rotatable bonds is 5. The second-order valence-corrected chi connectivity index (χ2v) is 5.53. The fourth-order valence-electron chi connectivity index (χ4n) is 1.97. The Morgan fingerprint density at radius 3 is 2.63 bits per heavy atom. The van der Waals surface area contributed by atoms with Crippen LogP contribution in [-0.4, -0.2) is 16.1 Å². The van der Waals surface area contributed by atoms with Crippen LogP contribution in [0.1, 0.15) is 41.2 Å². The summed E-state index contributed by atoms with van der Waals surface area (Å²) in [5.41, 5.74) is 1.87. The smallest absolute Gasteiger partial charge is 0.337 e. The van der Waals surface area contributed by atoms with Crippen molar-refractivity contribution < 1.29 is 9.90 Å². The van der Waals surface area contributed by atoms with Crippen LogP contribution in [0.15, 0.2) is 24.3 Å². The molecule has 2 rings (SSSR count). The maximum Gasteiger partial charge on any atom is 0.337 e. The molecule has 0 aromatic carbocycles. The van der Waals surface area contributed by atoms with E-state index < -0.39 is 5.97 Å². The molecule has 0 aliphatic rings. The standard InChI is InChI=1S/C15H17NO2S/c1-3-5-12-11(15(17)18)7-8-13(16-12)14-9-6-10(4-2)19-14/h6-9H,3-5H2,1-2H3,(H,17,18). The molecule has 0 aliphatic heterocycles. The summed E-state index contributed by atoms with van der Waals surface area (Å²) in [4.78, 5) is 18.1. The lowest BCUT2D eigenvalue weighted by Crippen LogP contribution is -2.05. The first-order valence-electron chi connectivity index (χ1n) is 6.48. The molecule has 19 heavy (non-hydrogen) atoms. The molecule has 0 radical (unpaired) electrons. The monoisotopic (exact) mass is 275 g/mol. The molecule has 1 N–H and O–H groups in total. The molecule has 0 fully saturated rings. The SMILES string of the molecule is CCCc1nc(-c2ccc(CC)s2)ccc1C(=O)O. The van der Waals surface area contributed by atoms with Gasteiger partial charge < -0.3 is 5.11 Å². The molecule has 2 aromatic heterocycles. The van der Waals surface area contributed by atoms with E-state index in [1.807, 2.05) is 6.92 Å². The normalized spacial score (nSPS) is 10.6. The number of aromatic carboxylic acids is 1. The van der Waals surface area contributed by atoms with E-state index in [0.717, 1.165) is 23.4 Å². The summed E-state index contributed by atoms with van der Waals surface area (Å²) in [6.45, 7) is 4.15. The van der Waals surface area contributed by atoms with E-state index in [-0.39, 0.29) is 0 Å². The number of carboxylic acids is 1. The number of aryl methyl sites for hydroxylation is 2. The van der Waals surface area contributed by atoms with Crippen molar-refractivity contribution in [2.24, 2.45) is 0 Å². The highest BCUT2D eigenvalue weighted by Gasteiger charge is 2.13. The number of carboxylic acid groups (broad SMARTS) is 1. The highest BCUT2D eigenvalue weighted by molar-refractivity contribution is 7.15. The molecule has 2 aromatic rings. The van der Waals surface area contributed by atoms with Crippen LogP contribution in [0.3, 0.4) is 0 Å². The number of hydrogen-bond acceptors (Lipinski definition) is 3. The summed E-state index contributed by atoms with van der Waals surface area (Å²) < 4.78 is 0. The lowest BCUT2D eigenvalue weighted by molar-refractivity contribution is 0.0695. The van der Waals surface area contributed by atoms with Gasteiger partial charge in [0.25, 0.3) is 0 Å². The van der Waals surface area contributed by atoms with E-state index in [2.05, 4.69) is 24.0 Å². The molecule has 0 spiro atoms. The Kier molecular flexibility index (Phi) is 4.32. The molecule has 3 nitrogen and oxygen atoms in total. The van der Waals surface area contributed by atoms with Gasteiger partial charge in [0.15, 0.2) is 0 Å². The van der Waals surface area contributed by atoms with Gasteiger partial charge in [-0.05, 0) is 37.1 Å². The van der Waals surface area contributed by atoms with Gasteiger partial charge in [-0.3, -0.25) is 4.98 Å². The predicted molar refractivity (Wildman–Crippen MR) is 77.9 cm³/mol. The minimum absolute atomic E-state index is 0.317. The Morgan fingerprint density at radius 2 is 2.05 bits per heavy atom. The van der Waals surface area contributed by atoms with Crippen molar-refractivity contribution in [3.63, 3.8) is 0 Å². The van der Waals surface area contributed by atoms with Gasteiger partial charge >= 0.3 is 5.97 Å². The third-order valence-electron chi connectivity index (χ3n) is 2.95. The minimum Gasteiger partial charge on any atom is -0.478 e. The molecule has 0 atom stereocenters. The Bertz CT molecular complexity index is 590. The minimum atomic E-state index is -0.900. The fraction of sp³-hybridized carbons (Fsp3) is 0.333. The van der Waals surface area contributed by atoms with Crippen molar-refractivity contribution in [3.8, 4) is 10.6 Å². The first kappa shape index (κ1) is 13.7. The summed E-state index contributed by atoms with van der Waals surface area (Å²) in [5.74, 6) is -0.900. The topological polar surface area (TPSA) is 50.2 Å². The van der Waals surface area contributed by atoms with Gasteiger partial charge in [0.05, 0.1) is 21.8 Å². The zero-order valence-corrected chi connectivity index (χ0v) is 12.0. The molecule has 0 aliphatic carbocycles. The van der Waals surface area contributed by atoms with Gasteiger partial charge in [-0.15, -0.1) is 11.3 Å². The van der Waals surface area contributed by atoms with Crippen LogP contribution in [0.4, 0.5) is 0 Å². The third kappa shape index (κ3) is 3.01. The molecule has 4 heteroatoms. The summed E-state index contributed by atoms with van der Waals surface area (Å²) in [5, 5.41) is 9.16. The van der Waals surface area contributed by atoms with Gasteiger partial charge in [-0.2, -0.15) is 0 Å². The fourth-order valence-corrected chi connectivity index (χ4v) is 2.88. The molecule has 0 bridgehead atoms. The second-order valence-electron chi connectivity index (χ2n) is 4.37. The average molecular weight is 275 g/mol. The highest BCUT2D eigenvalue weighted by atomic mass is 32.1. The number of aromatic nitrogens is 1. The molecular formula is C15H17NO2S. The summed E-state index contributed by atoms with van der Waals surface area (Å²) in [7, 11) is 0. The van der Waals surface area contributed by atoms with E-state index in [0.29, 0.717) is 17.7 Å². The van der Waals surface area contributed by atoms with E-state index in [4.69, 9.17) is 5.11 Å². The van der Waals surface area contributed by atoms with Gasteiger partial charge in [-0.1, -0.05) is 20.3 Å². The van der Waals surface area contributed by atoms with Crippen LogP contribution in [0.25, 0.3) is 10.6 Å². The Labute approximate surface area is 116 Å². The van der Waals surface area contributed by atoms with Crippen molar-refractivity contribution in [1.82, 2.24) is 4.98 Å². The van der Waals surface area contributed by atoms with Crippen molar-refractivity contribution in [2.45, 2.75) is 33.1 Å². The second kappa shape index (κ2) is 5.97. The zero-order chi connectivity index (χ0) is 13.8. The van der Waals surface area contributed by atoms with E-state index in [9.17, 15) is 4.79 Å². The highest BCUT2D eigenvalue weighted by Crippen LogP contribution is 2.28. The number of thiophene rings is 1. The van der Waals surface area contributed by atoms with E-state index >= 15 is 0 Å². The Balaban J connectivity index is 2.42. The maximum atomic E-state index is 11.2. The van der Waals surface area contributed by atoms with Crippen molar-refractivity contribution in [2.75, 3.05) is 0 Å². The molecule has 0 amide bonds. The first-order valence-corrected chi connectivity index (χ1v) is 7.29. The number of pyridine rings is 1. The number of nitrogens with zero attached hydrogens (tertiary/aromatic N) is 1. The van der Waals surface area contributed by atoms with E-state index in [1.165, 1.54) is 4.88 Å². The molecule has 0 unspecified atom stereocenters. The van der Waals surface area contributed by atoms with Crippen LogP contribution in [0, 0.1) is 0 Å². The van der Waals surface area contributed by atoms with Crippen LogP contribution in [-0.2, 0) is 12.8 Å². The molecular weight excluding hydrogens is 258 g/mol. The van der Waals surface area contributed by atoms with Crippen LogP contribution in [0.5, 0.6) is 0 Å². The van der Waals surface area contributed by atoms with Crippen LogP contribution in [0.2, 0.25) is 0 Å². The largest absolute Gasteiger partial charge is 0.478 e. The third-order valence-corrected chi connectivity index (χ3v) is 4.21. The molecule has 0 saturated carbocycles. The lowest BCUT2D eigenvalue weighted by Gasteiger charge is -2.06. The van der Waals surface area contributed by atoms with Gasteiger partial charge in [-0.25, -0.2) is 4.79 Å². The molecule has 100 valence electrons. The Hall–Kier alpha value is -1.68. The van der Waals surface area contributed by atoms with Crippen molar-refractivity contribution >= 4 is 17.3 Å². The average Bonchev–Trinajstić information content (AvgIpc) is 2.87. The number of hydrogen-bond donors (Lipinski definition) is 1. The molecule has 2 heterocycles. The Morgan fingerprint density at radius 1 is 1.26 bits per heavy atom. The van der Waals surface area contributed by atoms with Gasteiger partial charge in [0.1, 0.15) is 0 Å². The van der Waals surface area contributed by atoms with Crippen LogP contribution >= 0.6 is 11.3 Å². The van der Waals surface area contributed by atoms with Gasteiger partial charge in [0.2, 0.25) is 0 Å². The lowest BCUT2D eigenvalue weighted by atomic mass is 10.1. The number of carbonyl (C=O) groups is 1. The van der Waals surface area contributed by atoms with Crippen molar-refractivity contribution in [1.29, 1.82) is 0 Å². The summed E-state index contributed by atoms with van der Waals surface area (Å²) in [6.07, 6.45) is 2.60. The zero-order valence-electron chi connectivity index (χ0n) is 11.1. The van der Waals surface area contributed by atoms with Gasteiger partial charge in [0, 0.05) is 4.88 Å². The van der Waals surface area contributed by atoms with Crippen molar-refractivity contribution in [3.05, 3.63) is 40.4 Å². The first-order chi connectivity index (χ1) is 9.15. The quantitative estimate of drug-likeness (QED) is 0.896. The van der Waals surface area contributed by atoms with Crippen LogP contribution < -0.4 is 0 Å². The van der Waals surface area contributed by atoms with E-state index in [1.54, 1.807) is 23.5 Å². The maximum absolute atomic E-state index is 11.2.